The number of rotatable bonds is 2. The highest BCUT2D eigenvalue weighted by molar-refractivity contribution is 5.97. The molecule has 3 heterocycles. The number of hydrogen-bond donors (Lipinski definition) is 1. The Morgan fingerprint density at radius 2 is 1.73 bits per heavy atom. The van der Waals surface area contributed by atoms with E-state index in [0.717, 1.165) is 44.6 Å². The summed E-state index contributed by atoms with van der Waals surface area (Å²) in [4.78, 5) is 19.2. The monoisotopic (exact) mass is 397 g/mol. The summed E-state index contributed by atoms with van der Waals surface area (Å²) in [6.45, 7) is 5.83. The molecule has 1 N–H and O–H groups in total. The van der Waals surface area contributed by atoms with E-state index >= 15 is 0 Å². The van der Waals surface area contributed by atoms with Gasteiger partial charge in [0.25, 0.3) is 5.91 Å². The Morgan fingerprint density at radius 1 is 1.12 bits per heavy atom. The Balaban J connectivity index is 0.00000121. The van der Waals surface area contributed by atoms with E-state index in [0.29, 0.717) is 23.3 Å². The van der Waals surface area contributed by atoms with E-state index in [4.69, 9.17) is 4.42 Å². The summed E-state index contributed by atoms with van der Waals surface area (Å²) in [7, 11) is 0. The van der Waals surface area contributed by atoms with Crippen LogP contribution in [0.5, 0.6) is 0 Å². The third-order valence-corrected chi connectivity index (χ3v) is 5.39. The molecular weight excluding hydrogens is 373 g/mol. The van der Waals surface area contributed by atoms with Gasteiger partial charge in [0.15, 0.2) is 17.8 Å². The van der Waals surface area contributed by atoms with Crippen molar-refractivity contribution in [3.63, 3.8) is 0 Å². The van der Waals surface area contributed by atoms with Gasteiger partial charge in [-0.05, 0) is 44.7 Å². The number of hydrogen-bond acceptors (Lipinski definition) is 4. The van der Waals surface area contributed by atoms with Crippen LogP contribution in [0.25, 0.3) is 11.3 Å². The van der Waals surface area contributed by atoms with Crippen molar-refractivity contribution in [1.82, 2.24) is 15.2 Å². The lowest BCUT2D eigenvalue weighted by atomic mass is 9.92. The maximum Gasteiger partial charge on any atom is 0.276 e. The number of oxazole rings is 1. The van der Waals surface area contributed by atoms with Gasteiger partial charge in [0.05, 0.1) is 0 Å². The Labute approximate surface area is 166 Å². The molecule has 1 amide bonds. The molecule has 0 unspecified atom stereocenters. The van der Waals surface area contributed by atoms with Crippen molar-refractivity contribution < 1.29 is 9.21 Å². The van der Waals surface area contributed by atoms with E-state index in [1.165, 1.54) is 12.0 Å². The molecule has 7 heteroatoms. The number of carbonyl (C=O) groups excluding carboxylic acids is 1. The number of benzene rings is 1. The van der Waals surface area contributed by atoms with Crippen molar-refractivity contribution in [2.75, 3.05) is 26.2 Å². The lowest BCUT2D eigenvalue weighted by Crippen LogP contribution is -2.33. The van der Waals surface area contributed by atoms with Gasteiger partial charge >= 0.3 is 0 Å². The van der Waals surface area contributed by atoms with Gasteiger partial charge in [0, 0.05) is 18.7 Å². The highest BCUT2D eigenvalue weighted by Crippen LogP contribution is 2.29. The summed E-state index contributed by atoms with van der Waals surface area (Å²) in [5, 5.41) is 3.47. The predicted molar refractivity (Wildman–Crippen MR) is 106 cm³/mol. The molecule has 0 aliphatic carbocycles. The maximum atomic E-state index is 13.0. The van der Waals surface area contributed by atoms with Crippen LogP contribution >= 0.6 is 24.8 Å². The van der Waals surface area contributed by atoms with Crippen molar-refractivity contribution in [3.8, 4) is 11.3 Å². The van der Waals surface area contributed by atoms with Crippen LogP contribution < -0.4 is 5.32 Å². The van der Waals surface area contributed by atoms with Crippen molar-refractivity contribution in [3.05, 3.63) is 41.9 Å². The quantitative estimate of drug-likeness (QED) is 0.841. The highest BCUT2D eigenvalue weighted by atomic mass is 35.5. The van der Waals surface area contributed by atoms with Crippen LogP contribution in [0.3, 0.4) is 0 Å². The van der Waals surface area contributed by atoms with Crippen LogP contribution in [-0.4, -0.2) is 42.0 Å². The summed E-state index contributed by atoms with van der Waals surface area (Å²) >= 11 is 0. The molecule has 26 heavy (non-hydrogen) atoms. The summed E-state index contributed by atoms with van der Waals surface area (Å²) in [5.41, 5.74) is 2.51. The van der Waals surface area contributed by atoms with Crippen LogP contribution in [0.4, 0.5) is 0 Å². The van der Waals surface area contributed by atoms with Gasteiger partial charge in [-0.3, -0.25) is 4.79 Å². The first-order valence-electron chi connectivity index (χ1n) is 8.73. The van der Waals surface area contributed by atoms with E-state index in [1.54, 1.807) is 0 Å². The molecule has 1 aromatic carbocycles. The number of nitrogens with zero attached hydrogens (tertiary/aromatic N) is 2. The maximum absolute atomic E-state index is 13.0. The number of aromatic nitrogens is 1. The smallest absolute Gasteiger partial charge is 0.276 e. The SMILES string of the molecule is Cc1ccc(-c2ocnc2C(=O)N2CC[C@@H]3CNC[C@@H]3CC2)cc1.Cl.Cl. The predicted octanol–water partition coefficient (Wildman–Crippen LogP) is 3.57. The lowest BCUT2D eigenvalue weighted by Gasteiger charge is -2.20. The molecule has 0 radical (unpaired) electrons. The Bertz CT molecular complexity index is 719. The van der Waals surface area contributed by atoms with E-state index in [1.807, 2.05) is 36.1 Å². The minimum absolute atomic E-state index is 0. The summed E-state index contributed by atoms with van der Waals surface area (Å²) in [5.74, 6) is 1.98. The van der Waals surface area contributed by atoms with Gasteiger partial charge in [-0.2, -0.15) is 0 Å². The summed E-state index contributed by atoms with van der Waals surface area (Å²) < 4.78 is 5.54. The zero-order valence-electron chi connectivity index (χ0n) is 14.8. The van der Waals surface area contributed by atoms with Gasteiger partial charge in [0.1, 0.15) is 0 Å². The third-order valence-electron chi connectivity index (χ3n) is 5.39. The van der Waals surface area contributed by atoms with Crippen LogP contribution in [-0.2, 0) is 0 Å². The summed E-state index contributed by atoms with van der Waals surface area (Å²) in [6, 6.07) is 7.99. The molecule has 4 rings (SSSR count). The van der Waals surface area contributed by atoms with E-state index in [9.17, 15) is 4.79 Å². The first kappa shape index (κ1) is 20.7. The van der Waals surface area contributed by atoms with Gasteiger partial charge in [0.2, 0.25) is 0 Å². The second kappa shape index (κ2) is 8.89. The van der Waals surface area contributed by atoms with Crippen LogP contribution in [0, 0.1) is 18.8 Å². The second-order valence-electron chi connectivity index (χ2n) is 6.94. The number of carbonyl (C=O) groups is 1. The third kappa shape index (κ3) is 4.05. The summed E-state index contributed by atoms with van der Waals surface area (Å²) in [6.07, 6.45) is 3.52. The van der Waals surface area contributed by atoms with E-state index in [-0.39, 0.29) is 30.7 Å². The molecular formula is C19H25Cl2N3O2. The van der Waals surface area contributed by atoms with Crippen molar-refractivity contribution in [2.24, 2.45) is 11.8 Å². The largest absolute Gasteiger partial charge is 0.443 e. The fourth-order valence-corrected chi connectivity index (χ4v) is 3.88. The fourth-order valence-electron chi connectivity index (χ4n) is 3.88. The number of halogens is 2. The number of nitrogens with one attached hydrogen (secondary N) is 1. The molecule has 2 aliphatic heterocycles. The normalized spacial score (nSPS) is 22.0. The molecule has 5 nitrogen and oxygen atoms in total. The minimum atomic E-state index is -0.00717. The number of fused-ring (bicyclic) bond motifs is 1. The van der Waals surface area contributed by atoms with Crippen molar-refractivity contribution >= 4 is 30.7 Å². The van der Waals surface area contributed by atoms with Crippen molar-refractivity contribution in [2.45, 2.75) is 19.8 Å². The minimum Gasteiger partial charge on any atom is -0.443 e. The van der Waals surface area contributed by atoms with Gasteiger partial charge < -0.3 is 14.6 Å². The molecule has 0 bridgehead atoms. The van der Waals surface area contributed by atoms with Gasteiger partial charge in [-0.1, -0.05) is 29.8 Å². The lowest BCUT2D eigenvalue weighted by molar-refractivity contribution is 0.0753. The topological polar surface area (TPSA) is 58.4 Å². The molecule has 1 aromatic heterocycles. The Kier molecular flexibility index (Phi) is 7.09. The molecule has 2 fully saturated rings. The first-order valence-corrected chi connectivity index (χ1v) is 8.73. The molecule has 2 atom stereocenters. The molecule has 0 spiro atoms. The highest BCUT2D eigenvalue weighted by Gasteiger charge is 2.33. The van der Waals surface area contributed by atoms with E-state index in [2.05, 4.69) is 10.3 Å². The van der Waals surface area contributed by atoms with E-state index < -0.39 is 0 Å². The number of amides is 1. The zero-order chi connectivity index (χ0) is 16.5. The molecule has 142 valence electrons. The molecule has 2 saturated heterocycles. The van der Waals surface area contributed by atoms with Gasteiger partial charge in [-0.25, -0.2) is 4.98 Å². The first-order chi connectivity index (χ1) is 11.7. The molecule has 2 aliphatic rings. The van der Waals surface area contributed by atoms with Crippen LogP contribution in [0.15, 0.2) is 35.1 Å². The Hall–Kier alpha value is -1.56. The van der Waals surface area contributed by atoms with Crippen LogP contribution in [0.2, 0.25) is 0 Å². The van der Waals surface area contributed by atoms with Gasteiger partial charge in [-0.15, -0.1) is 24.8 Å². The zero-order valence-corrected chi connectivity index (χ0v) is 16.4. The van der Waals surface area contributed by atoms with Crippen LogP contribution in [0.1, 0.15) is 28.9 Å². The second-order valence-corrected chi connectivity index (χ2v) is 6.94. The van der Waals surface area contributed by atoms with Crippen molar-refractivity contribution in [1.29, 1.82) is 0 Å². The fraction of sp³-hybridized carbons (Fsp3) is 0.474. The Morgan fingerprint density at radius 3 is 2.35 bits per heavy atom. The average molecular weight is 398 g/mol. The molecule has 2 aromatic rings. The molecule has 0 saturated carbocycles. The number of aryl methyl sites for hydroxylation is 1. The number of likely N-dealkylation sites (tertiary alicyclic amines) is 1. The average Bonchev–Trinajstić information content (AvgIpc) is 3.21. The standard InChI is InChI=1S/C19H23N3O2.2ClH/c1-13-2-4-14(5-3-13)18-17(21-12-24-18)19(23)22-8-6-15-10-20-11-16(15)7-9-22;;/h2-5,12,15-16,20H,6-11H2,1H3;2*1H/t15-,16+;;.